The van der Waals surface area contributed by atoms with E-state index >= 15 is 0 Å². The van der Waals surface area contributed by atoms with Crippen molar-refractivity contribution >= 4 is 5.97 Å². The lowest BCUT2D eigenvalue weighted by Gasteiger charge is -2.34. The Hall–Kier alpha value is -4.21. The van der Waals surface area contributed by atoms with Crippen LogP contribution in [0.5, 0.6) is 11.6 Å². The van der Waals surface area contributed by atoms with E-state index in [1.54, 1.807) is 6.07 Å². The summed E-state index contributed by atoms with van der Waals surface area (Å²) in [5.74, 6) is 0.214. The van der Waals surface area contributed by atoms with Crippen LogP contribution >= 0.6 is 0 Å². The highest BCUT2D eigenvalue weighted by atomic mass is 16.5. The minimum atomic E-state index is -1.11. The Labute approximate surface area is 239 Å². The molecular weight excluding hydrogens is 520 g/mol. The number of ether oxygens (including phenoxy) is 3. The van der Waals surface area contributed by atoms with Crippen molar-refractivity contribution in [2.45, 2.75) is 45.9 Å². The summed E-state index contributed by atoms with van der Waals surface area (Å²) < 4.78 is 18.9. The fourth-order valence-electron chi connectivity index (χ4n) is 5.92. The van der Waals surface area contributed by atoms with Crippen molar-refractivity contribution in [3.05, 3.63) is 88.1 Å². The van der Waals surface area contributed by atoms with Gasteiger partial charge < -0.3 is 19.3 Å². The Kier molecular flexibility index (Phi) is 7.47. The van der Waals surface area contributed by atoms with Gasteiger partial charge in [-0.1, -0.05) is 30.3 Å². The highest BCUT2D eigenvalue weighted by molar-refractivity contribution is 5.90. The Balaban J connectivity index is 1.25. The summed E-state index contributed by atoms with van der Waals surface area (Å²) in [6, 6.07) is 16.5. The molecule has 2 aliphatic heterocycles. The molecule has 1 N–H and O–H groups in total. The number of rotatable bonds is 8. The van der Waals surface area contributed by atoms with Crippen LogP contribution in [0.25, 0.3) is 17.1 Å². The zero-order valence-electron chi connectivity index (χ0n) is 23.6. The van der Waals surface area contributed by atoms with Gasteiger partial charge in [0, 0.05) is 31.3 Å². The molecule has 0 saturated carbocycles. The number of pyridine rings is 1. The van der Waals surface area contributed by atoms with Crippen LogP contribution in [0.1, 0.15) is 44.6 Å². The van der Waals surface area contributed by atoms with Gasteiger partial charge in [-0.15, -0.1) is 0 Å². The molecule has 0 spiro atoms. The van der Waals surface area contributed by atoms with Crippen molar-refractivity contribution < 1.29 is 24.1 Å². The first kappa shape index (κ1) is 27.0. The molecule has 41 heavy (non-hydrogen) atoms. The van der Waals surface area contributed by atoms with Crippen LogP contribution in [0.2, 0.25) is 0 Å². The number of aryl methyl sites for hydroxylation is 1. The number of carbonyl (C=O) groups is 1. The summed E-state index contributed by atoms with van der Waals surface area (Å²) in [7, 11) is 1.42. The lowest BCUT2D eigenvalue weighted by atomic mass is 9.91. The first-order valence-corrected chi connectivity index (χ1v) is 13.9. The molecule has 1 fully saturated rings. The van der Waals surface area contributed by atoms with Crippen molar-refractivity contribution in [2.24, 2.45) is 0 Å². The van der Waals surface area contributed by atoms with Crippen LogP contribution in [0.3, 0.4) is 0 Å². The van der Waals surface area contributed by atoms with Crippen molar-refractivity contribution in [1.29, 1.82) is 0 Å². The molecule has 0 unspecified atom stereocenters. The van der Waals surface area contributed by atoms with E-state index in [0.717, 1.165) is 56.0 Å². The average Bonchev–Trinajstić information content (AvgIpc) is 3.68. The van der Waals surface area contributed by atoms with Crippen LogP contribution in [-0.2, 0) is 24.3 Å². The van der Waals surface area contributed by atoms with Gasteiger partial charge >= 0.3 is 5.97 Å². The molecule has 0 amide bonds. The number of benzene rings is 2. The minimum Gasteiger partial charge on any atom is -0.488 e. The van der Waals surface area contributed by atoms with Gasteiger partial charge in [0.15, 0.2) is 5.82 Å². The van der Waals surface area contributed by atoms with E-state index < -0.39 is 5.97 Å². The molecule has 0 aliphatic carbocycles. The molecule has 1 atom stereocenters. The number of methoxy groups -OCH3 is 1. The number of aromatic nitrogens is 3. The maximum Gasteiger partial charge on any atom is 0.342 e. The first-order valence-electron chi connectivity index (χ1n) is 13.9. The summed E-state index contributed by atoms with van der Waals surface area (Å²) in [5, 5.41) is 13.7. The van der Waals surface area contributed by atoms with Gasteiger partial charge in [0.25, 0.3) is 0 Å². The Bertz CT molecular complexity index is 1590. The van der Waals surface area contributed by atoms with Gasteiger partial charge in [0.1, 0.15) is 17.9 Å². The number of carboxylic acid groups (broad SMARTS) is 1. The van der Waals surface area contributed by atoms with Crippen molar-refractivity contribution in [1.82, 2.24) is 19.7 Å². The van der Waals surface area contributed by atoms with Crippen LogP contribution in [0, 0.1) is 13.8 Å². The molecule has 4 aromatic rings. The Morgan fingerprint density at radius 3 is 2.78 bits per heavy atom. The monoisotopic (exact) mass is 554 g/mol. The minimum absolute atomic E-state index is 0.0278. The number of para-hydroxylation sites is 1. The first-order chi connectivity index (χ1) is 19.9. The van der Waals surface area contributed by atoms with E-state index in [9.17, 15) is 9.90 Å². The summed E-state index contributed by atoms with van der Waals surface area (Å²) in [6.07, 6.45) is 3.42. The van der Waals surface area contributed by atoms with Gasteiger partial charge in [-0.3, -0.25) is 4.90 Å². The van der Waals surface area contributed by atoms with Gasteiger partial charge in [0.2, 0.25) is 5.88 Å². The third kappa shape index (κ3) is 5.18. The molecule has 0 radical (unpaired) electrons. The third-order valence-corrected chi connectivity index (χ3v) is 8.21. The van der Waals surface area contributed by atoms with Crippen LogP contribution < -0.4 is 9.47 Å². The molecular formula is C32H34N4O5. The summed E-state index contributed by atoms with van der Waals surface area (Å²) >= 11 is 0. The standard InChI is InChI=1S/C32H34N4O5/c1-20-6-4-7-26(28-8-5-9-29(34-28)36-31(39-3)27(16-33-36)32(37)38)30(20)41-18-23-11-10-22-17-35(24-13-15-40-19-24)14-12-25(22)21(23)2/h4-11,16,24H,12-15,17-19H2,1-3H3,(H,37,38)/t24-/m1/s1. The molecule has 212 valence electrons. The quantitative estimate of drug-likeness (QED) is 0.326. The maximum absolute atomic E-state index is 11.6. The molecule has 1 saturated heterocycles. The van der Waals surface area contributed by atoms with Crippen LogP contribution in [0.15, 0.2) is 54.7 Å². The largest absolute Gasteiger partial charge is 0.488 e. The zero-order valence-corrected chi connectivity index (χ0v) is 23.6. The van der Waals surface area contributed by atoms with Crippen molar-refractivity contribution in [2.75, 3.05) is 26.9 Å². The highest BCUT2D eigenvalue weighted by Crippen LogP contribution is 2.35. The number of fused-ring (bicyclic) bond motifs is 1. The predicted molar refractivity (Wildman–Crippen MR) is 154 cm³/mol. The predicted octanol–water partition coefficient (Wildman–Crippen LogP) is 4.98. The summed E-state index contributed by atoms with van der Waals surface area (Å²) in [6.45, 7) is 8.43. The summed E-state index contributed by atoms with van der Waals surface area (Å²) in [4.78, 5) is 18.9. The molecule has 9 nitrogen and oxygen atoms in total. The second-order valence-electron chi connectivity index (χ2n) is 10.6. The second kappa shape index (κ2) is 11.3. The van der Waals surface area contributed by atoms with Gasteiger partial charge in [0.05, 0.1) is 25.6 Å². The molecule has 2 aliphatic rings. The number of nitrogens with zero attached hydrogens (tertiary/aromatic N) is 4. The number of carboxylic acids is 1. The fraction of sp³-hybridized carbons (Fsp3) is 0.344. The number of hydrogen-bond donors (Lipinski definition) is 1. The molecule has 2 aromatic carbocycles. The van der Waals surface area contributed by atoms with Gasteiger partial charge in [-0.05, 0) is 72.7 Å². The lowest BCUT2D eigenvalue weighted by Crippen LogP contribution is -2.39. The Morgan fingerprint density at radius 1 is 1.15 bits per heavy atom. The zero-order chi connectivity index (χ0) is 28.5. The molecule has 0 bridgehead atoms. The van der Waals surface area contributed by atoms with E-state index in [2.05, 4.69) is 29.1 Å². The topological polar surface area (TPSA) is 98.9 Å². The van der Waals surface area contributed by atoms with Crippen molar-refractivity contribution in [3.8, 4) is 28.7 Å². The maximum atomic E-state index is 11.6. The second-order valence-corrected chi connectivity index (χ2v) is 10.6. The van der Waals surface area contributed by atoms with Gasteiger partial charge in [-0.2, -0.15) is 9.78 Å². The Morgan fingerprint density at radius 2 is 2.00 bits per heavy atom. The van der Waals surface area contributed by atoms with Crippen LogP contribution in [0.4, 0.5) is 0 Å². The number of aromatic carboxylic acids is 1. The molecule has 6 rings (SSSR count). The van der Waals surface area contributed by atoms with Crippen molar-refractivity contribution in [3.63, 3.8) is 0 Å². The van der Waals surface area contributed by atoms with E-state index in [1.807, 2.05) is 37.3 Å². The SMILES string of the molecule is COc1c(C(=O)O)cnn1-c1cccc(-c2cccc(C)c2OCc2ccc3c(c2C)CCN([C@@H]2CCOC2)C3)n1. The molecule has 9 heteroatoms. The normalized spacial score (nSPS) is 16.9. The third-order valence-electron chi connectivity index (χ3n) is 8.21. The average molecular weight is 555 g/mol. The van der Waals surface area contributed by atoms with E-state index in [-0.39, 0.29) is 11.4 Å². The molecule has 4 heterocycles. The van der Waals surface area contributed by atoms with Gasteiger partial charge in [-0.25, -0.2) is 9.78 Å². The highest BCUT2D eigenvalue weighted by Gasteiger charge is 2.28. The van der Waals surface area contributed by atoms with E-state index in [0.29, 0.717) is 24.2 Å². The summed E-state index contributed by atoms with van der Waals surface area (Å²) in [5.41, 5.74) is 7.84. The van der Waals surface area contributed by atoms with E-state index in [1.165, 1.54) is 40.2 Å². The lowest BCUT2D eigenvalue weighted by molar-refractivity contribution is 0.0693. The fourth-order valence-corrected chi connectivity index (χ4v) is 5.92. The van der Waals surface area contributed by atoms with Crippen LogP contribution in [-0.4, -0.2) is 63.7 Å². The van der Waals surface area contributed by atoms with E-state index in [4.69, 9.17) is 19.2 Å². The number of hydrogen-bond acceptors (Lipinski definition) is 7. The molecule has 2 aromatic heterocycles. The smallest absolute Gasteiger partial charge is 0.342 e.